The average molecular weight is 475 g/mol. The Balaban J connectivity index is 1.37. The maximum absolute atomic E-state index is 13.4. The van der Waals surface area contributed by atoms with E-state index in [2.05, 4.69) is 43.0 Å². The summed E-state index contributed by atoms with van der Waals surface area (Å²) in [5.74, 6) is 0.640. The zero-order chi connectivity index (χ0) is 23.9. The van der Waals surface area contributed by atoms with Crippen molar-refractivity contribution in [2.45, 2.75) is 50.6 Å². The number of carbonyl (C=O) groups excluding carboxylic acids is 2. The van der Waals surface area contributed by atoms with Gasteiger partial charge in [0, 0.05) is 5.56 Å². The molecule has 0 N–H and O–H groups in total. The summed E-state index contributed by atoms with van der Waals surface area (Å²) in [4.78, 5) is 34.0. The largest absolute Gasteiger partial charge is 0.337 e. The van der Waals surface area contributed by atoms with E-state index in [0.717, 1.165) is 11.1 Å². The minimum Gasteiger partial charge on any atom is -0.337 e. The van der Waals surface area contributed by atoms with E-state index in [9.17, 15) is 9.59 Å². The van der Waals surface area contributed by atoms with Crippen molar-refractivity contribution < 1.29 is 14.1 Å². The molecule has 3 aromatic rings. The van der Waals surface area contributed by atoms with Crippen molar-refractivity contribution in [2.75, 3.05) is 0 Å². The summed E-state index contributed by atoms with van der Waals surface area (Å²) in [5.41, 5.74) is 3.03. The quantitative estimate of drug-likeness (QED) is 0.518. The SMILES string of the molecule is CC(C)(C)c1ccc(-c2noc(CN3C(=O)N(Cc4ccccc4)C(=O)C4SC=CC43)n2)cc1. The fourth-order valence-corrected chi connectivity index (χ4v) is 5.24. The number of thioether (sulfide) groups is 1. The maximum atomic E-state index is 13.4. The minimum atomic E-state index is -0.367. The third kappa shape index (κ3) is 4.25. The molecule has 2 aromatic carbocycles. The van der Waals surface area contributed by atoms with Crippen molar-refractivity contribution >= 4 is 23.7 Å². The van der Waals surface area contributed by atoms with Crippen LogP contribution < -0.4 is 0 Å². The minimum absolute atomic E-state index is 0.0575. The average Bonchev–Trinajstić information content (AvgIpc) is 3.50. The molecule has 2 unspecified atom stereocenters. The number of imide groups is 1. The fourth-order valence-electron chi connectivity index (χ4n) is 4.18. The number of fused-ring (bicyclic) bond motifs is 1. The molecule has 0 radical (unpaired) electrons. The lowest BCUT2D eigenvalue weighted by molar-refractivity contribution is -0.132. The Labute approximate surface area is 202 Å². The fraction of sp³-hybridized carbons (Fsp3) is 0.308. The molecule has 2 atom stereocenters. The van der Waals surface area contributed by atoms with E-state index in [1.807, 2.05) is 53.9 Å². The van der Waals surface area contributed by atoms with Gasteiger partial charge < -0.3 is 9.42 Å². The van der Waals surface area contributed by atoms with Crippen LogP contribution in [0.4, 0.5) is 4.79 Å². The Bertz CT molecular complexity index is 1230. The Kier molecular flexibility index (Phi) is 5.77. The first-order chi connectivity index (χ1) is 16.3. The van der Waals surface area contributed by atoms with Crippen LogP contribution in [-0.2, 0) is 23.3 Å². The van der Waals surface area contributed by atoms with Crippen LogP contribution in [0.2, 0.25) is 0 Å². The molecule has 5 rings (SSSR count). The van der Waals surface area contributed by atoms with Gasteiger partial charge >= 0.3 is 6.03 Å². The summed E-state index contributed by atoms with van der Waals surface area (Å²) in [7, 11) is 0. The Morgan fingerprint density at radius 2 is 1.74 bits per heavy atom. The van der Waals surface area contributed by atoms with E-state index in [0.29, 0.717) is 11.7 Å². The van der Waals surface area contributed by atoms with Crippen molar-refractivity contribution in [3.8, 4) is 11.4 Å². The van der Waals surface area contributed by atoms with Crippen LogP contribution in [0.25, 0.3) is 11.4 Å². The highest BCUT2D eigenvalue weighted by Crippen LogP contribution is 2.36. The van der Waals surface area contributed by atoms with Gasteiger partial charge in [-0.2, -0.15) is 4.98 Å². The van der Waals surface area contributed by atoms with Crippen LogP contribution in [0.3, 0.4) is 0 Å². The van der Waals surface area contributed by atoms with E-state index >= 15 is 0 Å². The number of hydrogen-bond donors (Lipinski definition) is 0. The van der Waals surface area contributed by atoms with Crippen LogP contribution in [-0.4, -0.2) is 43.2 Å². The predicted molar refractivity (Wildman–Crippen MR) is 131 cm³/mol. The first kappa shape index (κ1) is 22.4. The summed E-state index contributed by atoms with van der Waals surface area (Å²) in [6.45, 7) is 6.86. The molecule has 1 aromatic heterocycles. The van der Waals surface area contributed by atoms with Crippen molar-refractivity contribution in [1.29, 1.82) is 0 Å². The monoisotopic (exact) mass is 474 g/mol. The van der Waals surface area contributed by atoms with Gasteiger partial charge in [-0.15, -0.1) is 11.8 Å². The number of aromatic nitrogens is 2. The maximum Gasteiger partial charge on any atom is 0.328 e. The van der Waals surface area contributed by atoms with Gasteiger partial charge in [0.25, 0.3) is 0 Å². The number of nitrogens with zero attached hydrogens (tertiary/aromatic N) is 4. The molecule has 0 spiro atoms. The van der Waals surface area contributed by atoms with Gasteiger partial charge in [-0.25, -0.2) is 4.79 Å². The summed E-state index contributed by atoms with van der Waals surface area (Å²) < 4.78 is 5.51. The van der Waals surface area contributed by atoms with Crippen molar-refractivity contribution in [2.24, 2.45) is 0 Å². The van der Waals surface area contributed by atoms with Gasteiger partial charge in [-0.3, -0.25) is 9.69 Å². The first-order valence-electron chi connectivity index (χ1n) is 11.2. The molecule has 1 fully saturated rings. The Morgan fingerprint density at radius 1 is 1.00 bits per heavy atom. The smallest absolute Gasteiger partial charge is 0.328 e. The number of urea groups is 1. The highest BCUT2D eigenvalue weighted by Gasteiger charge is 2.47. The van der Waals surface area contributed by atoms with E-state index in [4.69, 9.17) is 4.52 Å². The molecule has 3 heterocycles. The molecule has 3 amide bonds. The number of amides is 3. The summed E-state index contributed by atoms with van der Waals surface area (Å²) in [6, 6.07) is 16.9. The number of benzene rings is 2. The lowest BCUT2D eigenvalue weighted by Crippen LogP contribution is -2.61. The Morgan fingerprint density at radius 3 is 2.44 bits per heavy atom. The van der Waals surface area contributed by atoms with Gasteiger partial charge in [0.05, 0.1) is 12.6 Å². The third-order valence-electron chi connectivity index (χ3n) is 6.12. The molecule has 0 bridgehead atoms. The van der Waals surface area contributed by atoms with Crippen molar-refractivity contribution in [1.82, 2.24) is 19.9 Å². The number of carbonyl (C=O) groups is 2. The zero-order valence-electron chi connectivity index (χ0n) is 19.3. The van der Waals surface area contributed by atoms with Gasteiger partial charge in [-0.05, 0) is 21.9 Å². The topological polar surface area (TPSA) is 79.5 Å². The standard InChI is InChI=1S/C26H26N4O3S/c1-26(2,3)19-11-9-18(10-12-19)23-27-21(33-28-23)16-29-20-13-14-34-22(20)24(31)30(25(29)32)15-17-7-5-4-6-8-17/h4-14,20,22H,15-16H2,1-3H3. The van der Waals surface area contributed by atoms with E-state index in [1.165, 1.54) is 22.2 Å². The summed E-state index contributed by atoms with van der Waals surface area (Å²) in [6.07, 6.45) is 1.90. The molecule has 0 aliphatic carbocycles. The van der Waals surface area contributed by atoms with Gasteiger partial charge in [0.15, 0.2) is 0 Å². The first-order valence-corrected chi connectivity index (χ1v) is 12.2. The molecule has 1 saturated heterocycles. The highest BCUT2D eigenvalue weighted by atomic mass is 32.2. The molecular weight excluding hydrogens is 448 g/mol. The zero-order valence-corrected chi connectivity index (χ0v) is 20.2. The van der Waals surface area contributed by atoms with Crippen LogP contribution in [0.5, 0.6) is 0 Å². The van der Waals surface area contributed by atoms with Crippen LogP contribution in [0, 0.1) is 0 Å². The molecule has 34 heavy (non-hydrogen) atoms. The molecule has 174 valence electrons. The third-order valence-corrected chi connectivity index (χ3v) is 7.21. The summed E-state index contributed by atoms with van der Waals surface area (Å²) >= 11 is 1.44. The normalized spacial score (nSPS) is 20.2. The van der Waals surface area contributed by atoms with E-state index in [-0.39, 0.29) is 41.7 Å². The Hall–Kier alpha value is -3.39. The number of hydrogen-bond acceptors (Lipinski definition) is 6. The lowest BCUT2D eigenvalue weighted by Gasteiger charge is -2.40. The summed E-state index contributed by atoms with van der Waals surface area (Å²) in [5, 5.41) is 5.65. The van der Waals surface area contributed by atoms with Crippen LogP contribution in [0.15, 0.2) is 70.6 Å². The van der Waals surface area contributed by atoms with E-state index in [1.54, 1.807) is 4.90 Å². The lowest BCUT2D eigenvalue weighted by atomic mass is 9.87. The molecule has 7 nitrogen and oxygen atoms in total. The van der Waals surface area contributed by atoms with E-state index < -0.39 is 0 Å². The number of rotatable bonds is 5. The van der Waals surface area contributed by atoms with Crippen molar-refractivity contribution in [3.63, 3.8) is 0 Å². The highest BCUT2D eigenvalue weighted by molar-refractivity contribution is 8.03. The second kappa shape index (κ2) is 8.76. The van der Waals surface area contributed by atoms with Crippen LogP contribution in [0.1, 0.15) is 37.8 Å². The molecule has 8 heteroatoms. The second-order valence-electron chi connectivity index (χ2n) is 9.54. The molecule has 2 aliphatic heterocycles. The van der Waals surface area contributed by atoms with Crippen molar-refractivity contribution in [3.05, 3.63) is 83.1 Å². The van der Waals surface area contributed by atoms with Gasteiger partial charge in [0.1, 0.15) is 11.8 Å². The van der Waals surface area contributed by atoms with Gasteiger partial charge in [0.2, 0.25) is 17.6 Å². The van der Waals surface area contributed by atoms with Crippen LogP contribution >= 0.6 is 11.8 Å². The molecule has 0 saturated carbocycles. The second-order valence-corrected chi connectivity index (χ2v) is 10.6. The molecular formula is C26H26N4O3S. The molecule has 2 aliphatic rings. The van der Waals surface area contributed by atoms with Gasteiger partial charge in [-0.1, -0.05) is 86.6 Å². The predicted octanol–water partition coefficient (Wildman–Crippen LogP) is 5.00.